The monoisotopic (exact) mass is 324 g/mol. The maximum Gasteiger partial charge on any atom is 0.308 e. The topological polar surface area (TPSA) is 58.6 Å². The van der Waals surface area contributed by atoms with Gasteiger partial charge < -0.3 is 15.0 Å². The highest BCUT2D eigenvalue weighted by molar-refractivity contribution is 6.04. The first-order valence-corrected chi connectivity index (χ1v) is 7.91. The van der Waals surface area contributed by atoms with Gasteiger partial charge in [-0.05, 0) is 61.0 Å². The number of benzene rings is 2. The zero-order valence-corrected chi connectivity index (χ0v) is 13.8. The normalized spacial score (nSPS) is 13.9. The molecule has 2 aromatic carbocycles. The van der Waals surface area contributed by atoms with Crippen molar-refractivity contribution in [3.8, 4) is 5.75 Å². The molecular weight excluding hydrogens is 304 g/mol. The van der Waals surface area contributed by atoms with Gasteiger partial charge in [0.2, 0.25) is 0 Å². The molecule has 1 aliphatic heterocycles. The predicted octanol–water partition coefficient (Wildman–Crippen LogP) is 2.85. The number of nitrogens with one attached hydrogen (secondary N) is 1. The van der Waals surface area contributed by atoms with Crippen LogP contribution in [-0.2, 0) is 17.8 Å². The van der Waals surface area contributed by atoms with Gasteiger partial charge in [-0.3, -0.25) is 9.59 Å². The van der Waals surface area contributed by atoms with Crippen LogP contribution >= 0.6 is 0 Å². The molecule has 3 rings (SSSR count). The quantitative estimate of drug-likeness (QED) is 0.697. The van der Waals surface area contributed by atoms with Crippen LogP contribution in [-0.4, -0.2) is 30.4 Å². The first-order chi connectivity index (χ1) is 11.5. The molecule has 0 saturated heterocycles. The van der Waals surface area contributed by atoms with E-state index >= 15 is 0 Å². The molecule has 0 bridgehead atoms. The van der Waals surface area contributed by atoms with Crippen LogP contribution in [0.5, 0.6) is 5.75 Å². The lowest BCUT2D eigenvalue weighted by Crippen LogP contribution is -2.26. The van der Waals surface area contributed by atoms with Crippen LogP contribution in [0.1, 0.15) is 28.4 Å². The molecule has 0 aliphatic carbocycles. The van der Waals surface area contributed by atoms with Gasteiger partial charge in [0.15, 0.2) is 0 Å². The summed E-state index contributed by atoms with van der Waals surface area (Å²) in [5, 5.41) is 2.92. The number of likely N-dealkylation sites (N-methyl/N-ethyl adjacent to an activating group) is 1. The zero-order chi connectivity index (χ0) is 17.1. The van der Waals surface area contributed by atoms with Gasteiger partial charge in [0.05, 0.1) is 0 Å². The van der Waals surface area contributed by atoms with E-state index in [9.17, 15) is 9.59 Å². The van der Waals surface area contributed by atoms with Crippen LogP contribution in [0, 0.1) is 0 Å². The van der Waals surface area contributed by atoms with Crippen molar-refractivity contribution in [3.05, 3.63) is 59.2 Å². The van der Waals surface area contributed by atoms with Gasteiger partial charge in [-0.2, -0.15) is 0 Å². The Morgan fingerprint density at radius 1 is 1.08 bits per heavy atom. The second-order valence-electron chi connectivity index (χ2n) is 6.04. The number of anilines is 1. The molecule has 0 spiro atoms. The van der Waals surface area contributed by atoms with Gasteiger partial charge in [0, 0.05) is 31.3 Å². The summed E-state index contributed by atoms with van der Waals surface area (Å²) >= 11 is 0. The van der Waals surface area contributed by atoms with E-state index in [0.717, 1.165) is 25.2 Å². The standard InChI is InChI=1S/C19H20N2O3/c1-13(22)24-18-7-4-15(5-8-18)19(23)20-17-6-3-14-9-10-21(2)12-16(14)11-17/h3-8,11H,9-10,12H2,1-2H3,(H,20,23). The third-order valence-electron chi connectivity index (χ3n) is 4.05. The molecule has 1 heterocycles. The van der Waals surface area contributed by atoms with E-state index in [1.807, 2.05) is 12.1 Å². The summed E-state index contributed by atoms with van der Waals surface area (Å²) in [6.45, 7) is 3.30. The van der Waals surface area contributed by atoms with Gasteiger partial charge in [0.25, 0.3) is 5.91 Å². The summed E-state index contributed by atoms with van der Waals surface area (Å²) in [5.41, 5.74) is 3.91. The minimum absolute atomic E-state index is 0.187. The second kappa shape index (κ2) is 6.84. The average Bonchev–Trinajstić information content (AvgIpc) is 2.54. The fraction of sp³-hybridized carbons (Fsp3) is 0.263. The van der Waals surface area contributed by atoms with E-state index in [4.69, 9.17) is 4.74 Å². The van der Waals surface area contributed by atoms with Gasteiger partial charge >= 0.3 is 5.97 Å². The summed E-state index contributed by atoms with van der Waals surface area (Å²) in [7, 11) is 2.10. The molecule has 0 saturated carbocycles. The van der Waals surface area contributed by atoms with Crippen molar-refractivity contribution in [2.45, 2.75) is 19.9 Å². The third kappa shape index (κ3) is 3.81. The first kappa shape index (κ1) is 16.2. The lowest BCUT2D eigenvalue weighted by atomic mass is 9.99. The average molecular weight is 324 g/mol. The highest BCUT2D eigenvalue weighted by Gasteiger charge is 2.14. The third-order valence-corrected chi connectivity index (χ3v) is 4.05. The second-order valence-corrected chi connectivity index (χ2v) is 6.04. The van der Waals surface area contributed by atoms with E-state index in [0.29, 0.717) is 11.3 Å². The molecule has 124 valence electrons. The number of carbonyl (C=O) groups is 2. The van der Waals surface area contributed by atoms with E-state index in [1.54, 1.807) is 24.3 Å². The molecule has 1 aliphatic rings. The molecule has 0 radical (unpaired) electrons. The number of amides is 1. The SMILES string of the molecule is CC(=O)Oc1ccc(C(=O)Nc2ccc3c(c2)CN(C)CC3)cc1. The van der Waals surface area contributed by atoms with Crippen LogP contribution in [0.4, 0.5) is 5.69 Å². The van der Waals surface area contributed by atoms with Gasteiger partial charge in [-0.1, -0.05) is 6.07 Å². The predicted molar refractivity (Wildman–Crippen MR) is 92.2 cm³/mol. The Kier molecular flexibility index (Phi) is 4.62. The Balaban J connectivity index is 1.70. The van der Waals surface area contributed by atoms with E-state index in [-0.39, 0.29) is 11.9 Å². The number of hydrogen-bond acceptors (Lipinski definition) is 4. The summed E-state index contributed by atoms with van der Waals surface area (Å²) < 4.78 is 4.96. The Labute approximate surface area is 141 Å². The van der Waals surface area contributed by atoms with Gasteiger partial charge in [-0.15, -0.1) is 0 Å². The van der Waals surface area contributed by atoms with Crippen molar-refractivity contribution in [1.82, 2.24) is 4.90 Å². The maximum absolute atomic E-state index is 12.4. The smallest absolute Gasteiger partial charge is 0.308 e. The maximum atomic E-state index is 12.4. The number of ether oxygens (including phenoxy) is 1. The number of esters is 1. The van der Waals surface area contributed by atoms with Crippen LogP contribution in [0.3, 0.4) is 0 Å². The molecule has 24 heavy (non-hydrogen) atoms. The Bertz CT molecular complexity index is 769. The fourth-order valence-electron chi connectivity index (χ4n) is 2.82. The first-order valence-electron chi connectivity index (χ1n) is 7.91. The molecule has 0 atom stereocenters. The minimum Gasteiger partial charge on any atom is -0.427 e. The van der Waals surface area contributed by atoms with Crippen molar-refractivity contribution in [2.24, 2.45) is 0 Å². The highest BCUT2D eigenvalue weighted by atomic mass is 16.5. The van der Waals surface area contributed by atoms with Gasteiger partial charge in [-0.25, -0.2) is 0 Å². The van der Waals surface area contributed by atoms with Crippen molar-refractivity contribution in [3.63, 3.8) is 0 Å². The zero-order valence-electron chi connectivity index (χ0n) is 13.8. The number of hydrogen-bond donors (Lipinski definition) is 1. The van der Waals surface area contributed by atoms with Crippen LogP contribution in [0.2, 0.25) is 0 Å². The van der Waals surface area contributed by atoms with Crippen LogP contribution < -0.4 is 10.1 Å². The summed E-state index contributed by atoms with van der Waals surface area (Å²) in [5.74, 6) is -0.143. The largest absolute Gasteiger partial charge is 0.427 e. The van der Waals surface area contributed by atoms with Crippen molar-refractivity contribution in [2.75, 3.05) is 18.9 Å². The molecule has 2 aromatic rings. The molecule has 0 fully saturated rings. The fourth-order valence-corrected chi connectivity index (χ4v) is 2.82. The number of nitrogens with zero attached hydrogens (tertiary/aromatic N) is 1. The van der Waals surface area contributed by atoms with Crippen molar-refractivity contribution >= 4 is 17.6 Å². The van der Waals surface area contributed by atoms with E-state index in [1.165, 1.54) is 18.1 Å². The Hall–Kier alpha value is -2.66. The van der Waals surface area contributed by atoms with E-state index in [2.05, 4.69) is 23.3 Å². The highest BCUT2D eigenvalue weighted by Crippen LogP contribution is 2.22. The van der Waals surface area contributed by atoms with Crippen LogP contribution in [0.25, 0.3) is 0 Å². The Morgan fingerprint density at radius 3 is 2.54 bits per heavy atom. The lowest BCUT2D eigenvalue weighted by Gasteiger charge is -2.25. The molecule has 1 amide bonds. The van der Waals surface area contributed by atoms with Crippen molar-refractivity contribution in [1.29, 1.82) is 0 Å². The molecule has 0 unspecified atom stereocenters. The van der Waals surface area contributed by atoms with E-state index < -0.39 is 0 Å². The summed E-state index contributed by atoms with van der Waals surface area (Å²) in [4.78, 5) is 25.5. The molecular formula is C19H20N2O3. The number of rotatable bonds is 3. The van der Waals surface area contributed by atoms with Crippen molar-refractivity contribution < 1.29 is 14.3 Å². The molecule has 5 nitrogen and oxygen atoms in total. The summed E-state index contributed by atoms with van der Waals surface area (Å²) in [6.07, 6.45) is 1.04. The van der Waals surface area contributed by atoms with Gasteiger partial charge in [0.1, 0.15) is 5.75 Å². The number of carbonyl (C=O) groups excluding carboxylic acids is 2. The van der Waals surface area contributed by atoms with Crippen LogP contribution in [0.15, 0.2) is 42.5 Å². The molecule has 5 heteroatoms. The summed E-state index contributed by atoms with van der Waals surface area (Å²) in [6, 6.07) is 12.6. The number of fused-ring (bicyclic) bond motifs is 1. The molecule has 0 aromatic heterocycles. The molecule has 1 N–H and O–H groups in total. The Morgan fingerprint density at radius 2 is 1.83 bits per heavy atom. The minimum atomic E-state index is -0.383. The lowest BCUT2D eigenvalue weighted by molar-refractivity contribution is -0.131.